The predicted molar refractivity (Wildman–Crippen MR) is 119 cm³/mol. The number of carbonyl (C=O) groups is 1. The first-order chi connectivity index (χ1) is 15.2. The number of hydrogen-bond acceptors (Lipinski definition) is 3. The van der Waals surface area contributed by atoms with E-state index >= 15 is 0 Å². The van der Waals surface area contributed by atoms with Crippen LogP contribution in [0.3, 0.4) is 0 Å². The monoisotopic (exact) mass is 412 g/mol. The van der Waals surface area contributed by atoms with Gasteiger partial charge in [-0.3, -0.25) is 4.79 Å². The Hall–Kier alpha value is -2.95. The van der Waals surface area contributed by atoms with Crippen molar-refractivity contribution in [3.63, 3.8) is 0 Å². The van der Waals surface area contributed by atoms with Crippen LogP contribution in [-0.4, -0.2) is 20.7 Å². The van der Waals surface area contributed by atoms with Crippen molar-refractivity contribution in [3.8, 4) is 0 Å². The van der Waals surface area contributed by atoms with Gasteiger partial charge in [-0.1, -0.05) is 48.5 Å². The van der Waals surface area contributed by atoms with E-state index in [4.69, 9.17) is 0 Å². The summed E-state index contributed by atoms with van der Waals surface area (Å²) in [4.78, 5) is 20.7. The summed E-state index contributed by atoms with van der Waals surface area (Å²) in [6, 6.07) is 20.5. The van der Waals surface area contributed by atoms with E-state index in [9.17, 15) is 4.79 Å². The molecule has 0 N–H and O–H groups in total. The van der Waals surface area contributed by atoms with Crippen LogP contribution in [0.1, 0.15) is 44.1 Å². The second-order valence-corrected chi connectivity index (χ2v) is 10.0. The molecule has 4 saturated carbocycles. The van der Waals surface area contributed by atoms with Crippen molar-refractivity contribution < 1.29 is 4.79 Å². The Morgan fingerprint density at radius 1 is 0.968 bits per heavy atom. The fraction of sp³-hybridized carbons (Fsp3) is 0.423. The van der Waals surface area contributed by atoms with Gasteiger partial charge in [0.2, 0.25) is 5.91 Å². The highest BCUT2D eigenvalue weighted by atomic mass is 16.2. The summed E-state index contributed by atoms with van der Waals surface area (Å²) in [7, 11) is 0. The summed E-state index contributed by atoms with van der Waals surface area (Å²) >= 11 is 0. The number of anilines is 1. The van der Waals surface area contributed by atoms with Crippen molar-refractivity contribution in [1.82, 2.24) is 14.8 Å². The Kier molecular flexibility index (Phi) is 4.27. The lowest BCUT2D eigenvalue weighted by molar-refractivity contribution is -0.153. The topological polar surface area (TPSA) is 51.0 Å². The van der Waals surface area contributed by atoms with Crippen molar-refractivity contribution in [2.45, 2.75) is 50.6 Å². The molecule has 0 aliphatic heterocycles. The van der Waals surface area contributed by atoms with Crippen molar-refractivity contribution in [3.05, 3.63) is 78.9 Å². The molecular formula is C26H28N4O. The molecule has 0 saturated heterocycles. The SMILES string of the molecule is O=C(N(Cc1ccccc1)c1ccccc1)C12C[C@@H]3C[C@@H](C1)CC(n1cncn1)(C3)C2. The molecule has 2 aromatic carbocycles. The molecule has 1 heterocycles. The van der Waals surface area contributed by atoms with Gasteiger partial charge in [0.25, 0.3) is 0 Å². The van der Waals surface area contributed by atoms with Crippen molar-refractivity contribution in [1.29, 1.82) is 0 Å². The van der Waals surface area contributed by atoms with Gasteiger partial charge in [0.05, 0.1) is 17.5 Å². The van der Waals surface area contributed by atoms with Crippen LogP contribution in [-0.2, 0) is 16.9 Å². The molecule has 4 aliphatic carbocycles. The average Bonchev–Trinajstić information content (AvgIpc) is 3.34. The number of amides is 1. The highest BCUT2D eigenvalue weighted by molar-refractivity contribution is 5.98. The maximum absolute atomic E-state index is 14.4. The zero-order valence-electron chi connectivity index (χ0n) is 17.7. The van der Waals surface area contributed by atoms with Crippen LogP contribution in [0.4, 0.5) is 5.69 Å². The molecule has 1 amide bonds. The van der Waals surface area contributed by atoms with Crippen molar-refractivity contribution >= 4 is 11.6 Å². The number of benzene rings is 2. The minimum atomic E-state index is -0.305. The summed E-state index contributed by atoms with van der Waals surface area (Å²) in [6.45, 7) is 0.608. The van der Waals surface area contributed by atoms with Crippen molar-refractivity contribution in [2.24, 2.45) is 17.3 Å². The van der Waals surface area contributed by atoms with E-state index in [0.717, 1.165) is 43.4 Å². The van der Waals surface area contributed by atoms with Gasteiger partial charge in [-0.05, 0) is 68.1 Å². The number of hydrogen-bond donors (Lipinski definition) is 0. The third kappa shape index (κ3) is 3.10. The van der Waals surface area contributed by atoms with E-state index in [0.29, 0.717) is 24.3 Å². The second kappa shape index (κ2) is 7.04. The molecule has 2 atom stereocenters. The number of para-hydroxylation sites is 1. The van der Waals surface area contributed by atoms with Crippen LogP contribution in [0.25, 0.3) is 0 Å². The third-order valence-electron chi connectivity index (χ3n) is 7.89. The number of rotatable bonds is 5. The summed E-state index contributed by atoms with van der Waals surface area (Å²) in [5, 5.41) is 4.55. The van der Waals surface area contributed by atoms with Gasteiger partial charge in [0, 0.05) is 5.69 Å². The largest absolute Gasteiger partial charge is 0.308 e. The Morgan fingerprint density at radius 3 is 2.29 bits per heavy atom. The standard InChI is InChI=1S/C26H28N4O/c31-24(29(23-9-5-2-6-10-23)16-20-7-3-1-4-8-20)25-12-21-11-22(13-25)15-26(14-21,17-25)30-19-27-18-28-30/h1-10,18-19,21-22H,11-17H2/t21-,22-,25?,26?/m0/s1. The highest BCUT2D eigenvalue weighted by Crippen LogP contribution is 2.64. The van der Waals surface area contributed by atoms with E-state index in [-0.39, 0.29) is 11.0 Å². The quantitative estimate of drug-likeness (QED) is 0.604. The van der Waals surface area contributed by atoms with E-state index in [2.05, 4.69) is 39.0 Å². The Morgan fingerprint density at radius 2 is 1.65 bits per heavy atom. The zero-order chi connectivity index (χ0) is 20.9. The average molecular weight is 413 g/mol. The lowest BCUT2D eigenvalue weighted by atomic mass is 9.46. The van der Waals surface area contributed by atoms with E-state index < -0.39 is 0 Å². The van der Waals surface area contributed by atoms with Gasteiger partial charge in [-0.15, -0.1) is 0 Å². The molecule has 4 bridgehead atoms. The molecule has 3 aromatic rings. The fourth-order valence-corrected chi connectivity index (χ4v) is 7.13. The number of aromatic nitrogens is 3. The number of nitrogens with zero attached hydrogens (tertiary/aromatic N) is 4. The van der Waals surface area contributed by atoms with Gasteiger partial charge in [0.1, 0.15) is 12.7 Å². The fourth-order valence-electron chi connectivity index (χ4n) is 7.13. The lowest BCUT2D eigenvalue weighted by Gasteiger charge is -2.61. The molecule has 7 rings (SSSR count). The van der Waals surface area contributed by atoms with E-state index in [1.165, 1.54) is 6.42 Å². The molecule has 158 valence electrons. The Labute approximate surface area is 183 Å². The first kappa shape index (κ1) is 18.8. The Bertz CT molecular complexity index is 1050. The summed E-state index contributed by atoms with van der Waals surface area (Å²) < 4.78 is 2.08. The molecule has 4 fully saturated rings. The van der Waals surface area contributed by atoms with Crippen LogP contribution < -0.4 is 4.90 Å². The molecular weight excluding hydrogens is 384 g/mol. The summed E-state index contributed by atoms with van der Waals surface area (Å²) in [6.07, 6.45) is 9.93. The zero-order valence-corrected chi connectivity index (χ0v) is 17.7. The molecule has 5 heteroatoms. The second-order valence-electron chi connectivity index (χ2n) is 10.0. The van der Waals surface area contributed by atoms with Gasteiger partial charge in [-0.2, -0.15) is 5.10 Å². The summed E-state index contributed by atoms with van der Waals surface area (Å²) in [5.41, 5.74) is 1.80. The third-order valence-corrected chi connectivity index (χ3v) is 7.89. The predicted octanol–water partition coefficient (Wildman–Crippen LogP) is 4.81. The van der Waals surface area contributed by atoms with Gasteiger partial charge < -0.3 is 4.90 Å². The minimum Gasteiger partial charge on any atom is -0.308 e. The number of carbonyl (C=O) groups excluding carboxylic acids is 1. The van der Waals surface area contributed by atoms with Crippen LogP contribution in [0.2, 0.25) is 0 Å². The molecule has 5 nitrogen and oxygen atoms in total. The maximum Gasteiger partial charge on any atom is 0.233 e. The lowest BCUT2D eigenvalue weighted by Crippen LogP contribution is -2.61. The smallest absolute Gasteiger partial charge is 0.233 e. The minimum absolute atomic E-state index is 0.0502. The van der Waals surface area contributed by atoms with E-state index in [1.54, 1.807) is 6.33 Å². The molecule has 0 unspecified atom stereocenters. The summed E-state index contributed by atoms with van der Waals surface area (Å²) in [5.74, 6) is 1.49. The van der Waals surface area contributed by atoms with Gasteiger partial charge in [0.15, 0.2) is 0 Å². The molecule has 4 aliphatic rings. The maximum atomic E-state index is 14.4. The van der Waals surface area contributed by atoms with Crippen LogP contribution in [0.15, 0.2) is 73.3 Å². The van der Waals surface area contributed by atoms with Crippen LogP contribution in [0, 0.1) is 17.3 Å². The van der Waals surface area contributed by atoms with Gasteiger partial charge >= 0.3 is 0 Å². The van der Waals surface area contributed by atoms with Gasteiger partial charge in [-0.25, -0.2) is 9.67 Å². The van der Waals surface area contributed by atoms with Crippen LogP contribution >= 0.6 is 0 Å². The first-order valence-corrected chi connectivity index (χ1v) is 11.4. The van der Waals surface area contributed by atoms with E-state index in [1.807, 2.05) is 47.6 Å². The normalized spacial score (nSPS) is 31.0. The molecule has 31 heavy (non-hydrogen) atoms. The highest BCUT2D eigenvalue weighted by Gasteiger charge is 2.62. The molecule has 0 spiro atoms. The molecule has 1 aromatic heterocycles. The van der Waals surface area contributed by atoms with Crippen LogP contribution in [0.5, 0.6) is 0 Å². The Balaban J connectivity index is 1.39. The molecule has 0 radical (unpaired) electrons. The van der Waals surface area contributed by atoms with Crippen molar-refractivity contribution in [2.75, 3.05) is 4.90 Å². The first-order valence-electron chi connectivity index (χ1n) is 11.4.